The van der Waals surface area contributed by atoms with Crippen molar-refractivity contribution in [3.8, 4) is 0 Å². The third-order valence-electron chi connectivity index (χ3n) is 3.90. The van der Waals surface area contributed by atoms with E-state index < -0.39 is 0 Å². The van der Waals surface area contributed by atoms with Crippen LogP contribution in [0.5, 0.6) is 0 Å². The number of fused-ring (bicyclic) bond motifs is 1. The average molecular weight is 250 g/mol. The van der Waals surface area contributed by atoms with E-state index in [1.165, 1.54) is 0 Å². The molecule has 2 aromatic rings. The number of hydrogen-bond acceptors (Lipinski definition) is 2. The number of aromatic nitrogens is 2. The van der Waals surface area contributed by atoms with Crippen LogP contribution in [0.4, 0.5) is 5.82 Å². The third-order valence-corrected chi connectivity index (χ3v) is 4.64. The summed E-state index contributed by atoms with van der Waals surface area (Å²) in [5, 5.41) is 3.83. The summed E-state index contributed by atoms with van der Waals surface area (Å²) in [6.07, 6.45) is 4.80. The third kappa shape index (κ3) is 1.61. The molecular formula is C13H16ClN3. The number of nitrogens with one attached hydrogen (secondary N) is 1. The first-order valence-corrected chi connectivity index (χ1v) is 6.35. The highest BCUT2D eigenvalue weighted by molar-refractivity contribution is 6.21. The van der Waals surface area contributed by atoms with E-state index in [0.717, 1.165) is 17.9 Å². The molecule has 1 N–H and O–H groups in total. The van der Waals surface area contributed by atoms with Gasteiger partial charge in [0.25, 0.3) is 0 Å². The summed E-state index contributed by atoms with van der Waals surface area (Å²) in [4.78, 5) is 4.28. The molecule has 90 valence electrons. The Balaban J connectivity index is 1.89. The number of nitrogens with zero attached hydrogens (tertiary/aromatic N) is 2. The summed E-state index contributed by atoms with van der Waals surface area (Å²) in [5.74, 6) is 1.08. The summed E-state index contributed by atoms with van der Waals surface area (Å²) >= 11 is 6.24. The smallest absolute Gasteiger partial charge is 0.138 e. The van der Waals surface area contributed by atoms with Crippen LogP contribution >= 0.6 is 11.6 Å². The molecule has 1 saturated carbocycles. The number of rotatable bonds is 2. The second-order valence-corrected chi connectivity index (χ2v) is 5.81. The molecule has 17 heavy (non-hydrogen) atoms. The van der Waals surface area contributed by atoms with E-state index in [9.17, 15) is 0 Å². The van der Waals surface area contributed by atoms with E-state index in [1.54, 1.807) is 0 Å². The number of alkyl halides is 1. The van der Waals surface area contributed by atoms with E-state index in [4.69, 9.17) is 11.6 Å². The van der Waals surface area contributed by atoms with Gasteiger partial charge in [0.2, 0.25) is 0 Å². The fraction of sp³-hybridized carbons (Fsp3) is 0.462. The molecule has 0 aliphatic heterocycles. The zero-order valence-electron chi connectivity index (χ0n) is 10.0. The highest BCUT2D eigenvalue weighted by atomic mass is 35.5. The standard InChI is InChI=1S/C13H16ClN3/c1-13(2)9(14)8-10(13)16-12-5-3-4-11-15-6-7-17(11)12/h3-7,9-10,16H,8H2,1-2H3. The summed E-state index contributed by atoms with van der Waals surface area (Å²) in [6.45, 7) is 4.42. The normalized spacial score (nSPS) is 26.8. The maximum Gasteiger partial charge on any atom is 0.138 e. The van der Waals surface area contributed by atoms with Crippen LogP contribution in [-0.4, -0.2) is 20.8 Å². The van der Waals surface area contributed by atoms with Crippen LogP contribution in [0, 0.1) is 5.41 Å². The van der Waals surface area contributed by atoms with E-state index in [1.807, 2.05) is 24.5 Å². The van der Waals surface area contributed by atoms with Gasteiger partial charge in [0.15, 0.2) is 0 Å². The first kappa shape index (κ1) is 10.9. The summed E-state index contributed by atoms with van der Waals surface area (Å²) in [7, 11) is 0. The number of halogens is 1. The largest absolute Gasteiger partial charge is 0.368 e. The summed E-state index contributed by atoms with van der Waals surface area (Å²) in [5.41, 5.74) is 1.11. The van der Waals surface area contributed by atoms with Gasteiger partial charge in [-0.3, -0.25) is 4.40 Å². The molecule has 1 aliphatic carbocycles. The Kier molecular flexibility index (Phi) is 2.33. The molecule has 0 radical (unpaired) electrons. The van der Waals surface area contributed by atoms with Crippen LogP contribution < -0.4 is 5.32 Å². The molecule has 0 spiro atoms. The lowest BCUT2D eigenvalue weighted by atomic mass is 9.67. The van der Waals surface area contributed by atoms with Crippen LogP contribution in [0.3, 0.4) is 0 Å². The van der Waals surface area contributed by atoms with Gasteiger partial charge in [0.1, 0.15) is 11.5 Å². The summed E-state index contributed by atoms with van der Waals surface area (Å²) < 4.78 is 2.07. The SMILES string of the molecule is CC1(C)C(Cl)CC1Nc1cccc2nccn12. The number of pyridine rings is 1. The number of anilines is 1. The van der Waals surface area contributed by atoms with Crippen molar-refractivity contribution in [2.45, 2.75) is 31.7 Å². The Bertz CT molecular complexity index is 546. The van der Waals surface area contributed by atoms with Gasteiger partial charge >= 0.3 is 0 Å². The minimum absolute atomic E-state index is 0.143. The molecule has 0 saturated heterocycles. The van der Waals surface area contributed by atoms with Gasteiger partial charge in [0, 0.05) is 29.2 Å². The molecule has 0 aromatic carbocycles. The van der Waals surface area contributed by atoms with Gasteiger partial charge in [-0.25, -0.2) is 4.98 Å². The zero-order chi connectivity index (χ0) is 12.0. The Morgan fingerprint density at radius 2 is 2.29 bits per heavy atom. The van der Waals surface area contributed by atoms with Crippen LogP contribution in [0.1, 0.15) is 20.3 Å². The molecule has 2 atom stereocenters. The molecule has 3 rings (SSSR count). The Morgan fingerprint density at radius 3 is 3.00 bits per heavy atom. The van der Waals surface area contributed by atoms with Crippen molar-refractivity contribution in [2.24, 2.45) is 5.41 Å². The van der Waals surface area contributed by atoms with Crippen LogP contribution in [0.2, 0.25) is 0 Å². The lowest BCUT2D eigenvalue weighted by Gasteiger charge is -2.49. The number of imidazole rings is 1. The van der Waals surface area contributed by atoms with E-state index in [0.29, 0.717) is 6.04 Å². The van der Waals surface area contributed by atoms with Gasteiger partial charge < -0.3 is 5.32 Å². The van der Waals surface area contributed by atoms with Gasteiger partial charge in [0.05, 0.1) is 0 Å². The fourth-order valence-corrected chi connectivity index (χ4v) is 2.69. The Labute approximate surface area is 106 Å². The first-order valence-electron chi connectivity index (χ1n) is 5.92. The van der Waals surface area contributed by atoms with Gasteiger partial charge in [-0.2, -0.15) is 0 Å². The second-order valence-electron chi connectivity index (χ2n) is 5.29. The Hall–Kier alpha value is -1.22. The molecule has 2 heterocycles. The lowest BCUT2D eigenvalue weighted by molar-refractivity contribution is 0.168. The minimum atomic E-state index is 0.143. The minimum Gasteiger partial charge on any atom is -0.368 e. The maximum absolute atomic E-state index is 6.24. The van der Waals surface area contributed by atoms with Crippen molar-refractivity contribution >= 4 is 23.1 Å². The van der Waals surface area contributed by atoms with Crippen LogP contribution in [-0.2, 0) is 0 Å². The molecule has 0 bridgehead atoms. The topological polar surface area (TPSA) is 29.3 Å². The first-order chi connectivity index (χ1) is 8.09. The van der Waals surface area contributed by atoms with E-state index in [2.05, 4.69) is 34.6 Å². The van der Waals surface area contributed by atoms with E-state index in [-0.39, 0.29) is 10.8 Å². The predicted molar refractivity (Wildman–Crippen MR) is 70.6 cm³/mol. The van der Waals surface area contributed by atoms with Gasteiger partial charge in [-0.1, -0.05) is 19.9 Å². The molecule has 3 nitrogen and oxygen atoms in total. The summed E-state index contributed by atoms with van der Waals surface area (Å²) in [6, 6.07) is 6.53. The zero-order valence-corrected chi connectivity index (χ0v) is 10.8. The second kappa shape index (κ2) is 3.64. The monoisotopic (exact) mass is 249 g/mol. The Morgan fingerprint density at radius 1 is 1.47 bits per heavy atom. The lowest BCUT2D eigenvalue weighted by Crippen LogP contribution is -2.54. The van der Waals surface area contributed by atoms with Crippen LogP contribution in [0.25, 0.3) is 5.65 Å². The van der Waals surface area contributed by atoms with Crippen LogP contribution in [0.15, 0.2) is 30.6 Å². The van der Waals surface area contributed by atoms with E-state index >= 15 is 0 Å². The quantitative estimate of drug-likeness (QED) is 0.829. The highest BCUT2D eigenvalue weighted by Gasteiger charge is 2.47. The fourth-order valence-electron chi connectivity index (χ4n) is 2.36. The van der Waals surface area contributed by atoms with Gasteiger partial charge in [-0.15, -0.1) is 11.6 Å². The van der Waals surface area contributed by atoms with Crippen molar-refractivity contribution in [3.63, 3.8) is 0 Å². The van der Waals surface area contributed by atoms with Crippen molar-refractivity contribution in [3.05, 3.63) is 30.6 Å². The van der Waals surface area contributed by atoms with Crippen molar-refractivity contribution in [2.75, 3.05) is 5.32 Å². The molecule has 1 fully saturated rings. The average Bonchev–Trinajstić information content (AvgIpc) is 2.77. The maximum atomic E-state index is 6.24. The molecule has 0 amide bonds. The van der Waals surface area contributed by atoms with Crippen molar-refractivity contribution in [1.29, 1.82) is 0 Å². The van der Waals surface area contributed by atoms with Gasteiger partial charge in [-0.05, 0) is 18.6 Å². The molecular weight excluding hydrogens is 234 g/mol. The molecule has 1 aliphatic rings. The van der Waals surface area contributed by atoms with Crippen molar-refractivity contribution < 1.29 is 0 Å². The number of hydrogen-bond donors (Lipinski definition) is 1. The highest BCUT2D eigenvalue weighted by Crippen LogP contribution is 2.45. The molecule has 2 aromatic heterocycles. The molecule has 2 unspecified atom stereocenters. The molecule has 4 heteroatoms. The van der Waals surface area contributed by atoms with Crippen molar-refractivity contribution in [1.82, 2.24) is 9.38 Å². The predicted octanol–water partition coefficient (Wildman–Crippen LogP) is 3.15.